The fourth-order valence-corrected chi connectivity index (χ4v) is 2.36. The number of Topliss-reactive ketones (excluding diaryl/α,β-unsaturated/α-hetero) is 1. The average Bonchev–Trinajstić information content (AvgIpc) is 2.32. The molecule has 1 unspecified atom stereocenters. The van der Waals surface area contributed by atoms with Gasteiger partial charge in [0.05, 0.1) is 0 Å². The summed E-state index contributed by atoms with van der Waals surface area (Å²) in [5.41, 5.74) is -0.601. The van der Waals surface area contributed by atoms with E-state index in [-0.39, 0.29) is 23.5 Å². The van der Waals surface area contributed by atoms with Gasteiger partial charge in [0.25, 0.3) is 0 Å². The smallest absolute Gasteiger partial charge is 0.137 e. The summed E-state index contributed by atoms with van der Waals surface area (Å²) < 4.78 is 0. The van der Waals surface area contributed by atoms with Crippen molar-refractivity contribution in [1.82, 2.24) is 5.23 Å². The summed E-state index contributed by atoms with van der Waals surface area (Å²) in [4.78, 5) is 11.4. The molecule has 0 heterocycles. The number of carbonyl (C=O) groups excluding carboxylic acids is 1. The molecule has 0 spiro atoms. The highest BCUT2D eigenvalue weighted by atomic mass is 16.8. The summed E-state index contributed by atoms with van der Waals surface area (Å²) in [7, 11) is 0. The monoisotopic (exact) mass is 186 g/mol. The van der Waals surface area contributed by atoms with Crippen molar-refractivity contribution < 1.29 is 10.0 Å². The molecule has 0 aliphatic heterocycles. The summed E-state index contributed by atoms with van der Waals surface area (Å²) in [6.07, 6.45) is 2.66. The van der Waals surface area contributed by atoms with Crippen LogP contribution in [0.2, 0.25) is 0 Å². The van der Waals surface area contributed by atoms with E-state index in [4.69, 9.17) is 5.21 Å². The number of rotatable bonds is 3. The molecule has 4 heteroatoms. The number of nitrogens with zero attached hydrogens (tertiary/aromatic N) is 1. The van der Waals surface area contributed by atoms with Crippen LogP contribution >= 0.6 is 0 Å². The molecule has 1 fully saturated rings. The number of hydrogen-bond donors (Lipinski definition) is 1. The molecule has 0 amide bonds. The first kappa shape index (κ1) is 10.6. The van der Waals surface area contributed by atoms with Crippen LogP contribution in [0, 0.1) is 16.5 Å². The molecule has 0 aromatic heterocycles. The molecule has 1 N–H and O–H groups in total. The second-order valence-corrected chi connectivity index (χ2v) is 4.02. The van der Waals surface area contributed by atoms with Crippen molar-refractivity contribution in [2.75, 3.05) is 6.54 Å². The maximum Gasteiger partial charge on any atom is 0.137 e. The highest BCUT2D eigenvalue weighted by molar-refractivity contribution is 5.83. The Morgan fingerprint density at radius 2 is 2.38 bits per heavy atom. The molecule has 1 aliphatic rings. The fraction of sp³-hybridized carbons (Fsp3) is 0.889. The Morgan fingerprint density at radius 3 is 2.69 bits per heavy atom. The average molecular weight is 186 g/mol. The predicted octanol–water partition coefficient (Wildman–Crippen LogP) is 1.57. The molecule has 0 radical (unpaired) electrons. The van der Waals surface area contributed by atoms with E-state index < -0.39 is 5.41 Å². The lowest BCUT2D eigenvalue weighted by atomic mass is 9.75. The Kier molecular flexibility index (Phi) is 3.05. The number of ketones is 1. The first-order valence-electron chi connectivity index (χ1n) is 4.63. The summed E-state index contributed by atoms with van der Waals surface area (Å²) in [5, 5.41) is 19.1. The molecule has 4 nitrogen and oxygen atoms in total. The van der Waals surface area contributed by atoms with Crippen molar-refractivity contribution >= 4 is 5.78 Å². The van der Waals surface area contributed by atoms with Crippen LogP contribution in [-0.4, -0.2) is 22.8 Å². The fourth-order valence-electron chi connectivity index (χ4n) is 2.36. The maximum absolute atomic E-state index is 11.4. The zero-order valence-corrected chi connectivity index (χ0v) is 8.12. The van der Waals surface area contributed by atoms with Gasteiger partial charge in [-0.05, 0) is 25.7 Å². The quantitative estimate of drug-likeness (QED) is 0.679. The standard InChI is InChI=1S/C9H16NO3/c1-7-4-3-5-9(7,8(2)11)6-10(12)13/h7,12H,3-6H2,1-2H3/q-1/t7-,9?/m1/s1. The van der Waals surface area contributed by atoms with Crippen molar-refractivity contribution in [3.05, 3.63) is 5.21 Å². The zero-order chi connectivity index (χ0) is 10.1. The summed E-state index contributed by atoms with van der Waals surface area (Å²) >= 11 is 0. The third-order valence-corrected chi connectivity index (χ3v) is 3.32. The minimum Gasteiger partial charge on any atom is -0.762 e. The lowest BCUT2D eigenvalue weighted by Crippen LogP contribution is -2.41. The third-order valence-electron chi connectivity index (χ3n) is 3.32. The van der Waals surface area contributed by atoms with Crippen LogP contribution in [-0.2, 0) is 4.79 Å². The highest BCUT2D eigenvalue weighted by Gasteiger charge is 2.44. The van der Waals surface area contributed by atoms with Crippen molar-refractivity contribution in [1.29, 1.82) is 0 Å². The van der Waals surface area contributed by atoms with Gasteiger partial charge in [0.2, 0.25) is 0 Å². The molecule has 0 saturated heterocycles. The normalized spacial score (nSPS) is 34.1. The van der Waals surface area contributed by atoms with Gasteiger partial charge in [-0.1, -0.05) is 13.3 Å². The third kappa shape index (κ3) is 1.90. The van der Waals surface area contributed by atoms with Crippen molar-refractivity contribution in [2.24, 2.45) is 11.3 Å². The Hall–Kier alpha value is -0.450. The Labute approximate surface area is 78.1 Å². The van der Waals surface area contributed by atoms with Crippen LogP contribution in [0.15, 0.2) is 0 Å². The largest absolute Gasteiger partial charge is 0.762 e. The molecule has 0 aromatic carbocycles. The van der Waals surface area contributed by atoms with E-state index >= 15 is 0 Å². The van der Waals surface area contributed by atoms with Crippen LogP contribution in [0.5, 0.6) is 0 Å². The van der Waals surface area contributed by atoms with Crippen LogP contribution < -0.4 is 0 Å². The molecule has 13 heavy (non-hydrogen) atoms. The Bertz CT molecular complexity index is 205. The summed E-state index contributed by atoms with van der Waals surface area (Å²) in [6, 6.07) is 0. The Morgan fingerprint density at radius 1 is 1.77 bits per heavy atom. The molecule has 1 rings (SSSR count). The summed E-state index contributed by atoms with van der Waals surface area (Å²) in [5.74, 6) is 0.223. The van der Waals surface area contributed by atoms with Gasteiger partial charge in [0.15, 0.2) is 0 Å². The number of hydroxylamine groups is 2. The second kappa shape index (κ2) is 3.74. The van der Waals surface area contributed by atoms with E-state index in [1.54, 1.807) is 0 Å². The lowest BCUT2D eigenvalue weighted by Gasteiger charge is -2.36. The van der Waals surface area contributed by atoms with Gasteiger partial charge in [-0.15, -0.1) is 0 Å². The van der Waals surface area contributed by atoms with E-state index in [0.29, 0.717) is 0 Å². The van der Waals surface area contributed by atoms with Crippen molar-refractivity contribution in [2.45, 2.75) is 33.1 Å². The van der Waals surface area contributed by atoms with Crippen molar-refractivity contribution in [3.63, 3.8) is 0 Å². The SMILES string of the molecule is CC(=O)C1(CN([O-])O)CCC[C@H]1C. The van der Waals surface area contributed by atoms with Crippen LogP contribution in [0.25, 0.3) is 0 Å². The van der Waals surface area contributed by atoms with E-state index in [1.807, 2.05) is 6.92 Å². The molecule has 1 aliphatic carbocycles. The molecule has 0 bridgehead atoms. The van der Waals surface area contributed by atoms with E-state index in [2.05, 4.69) is 0 Å². The van der Waals surface area contributed by atoms with E-state index in [0.717, 1.165) is 19.3 Å². The van der Waals surface area contributed by atoms with Gasteiger partial charge in [0.1, 0.15) is 5.78 Å². The number of hydrogen-bond acceptors (Lipinski definition) is 4. The molecular weight excluding hydrogens is 170 g/mol. The highest BCUT2D eigenvalue weighted by Crippen LogP contribution is 2.44. The molecule has 2 atom stereocenters. The predicted molar refractivity (Wildman–Crippen MR) is 48.0 cm³/mol. The van der Waals surface area contributed by atoms with Gasteiger partial charge in [-0.25, -0.2) is 0 Å². The topological polar surface area (TPSA) is 63.6 Å². The molecule has 1 saturated carbocycles. The number of carbonyl (C=O) groups is 1. The second-order valence-electron chi connectivity index (χ2n) is 4.02. The van der Waals surface area contributed by atoms with Crippen molar-refractivity contribution in [3.8, 4) is 0 Å². The zero-order valence-electron chi connectivity index (χ0n) is 8.12. The summed E-state index contributed by atoms with van der Waals surface area (Å²) in [6.45, 7) is 3.40. The van der Waals surface area contributed by atoms with E-state index in [1.165, 1.54) is 6.92 Å². The molecule has 0 aromatic rings. The minimum atomic E-state index is -0.601. The van der Waals surface area contributed by atoms with Gasteiger partial charge < -0.3 is 10.4 Å². The van der Waals surface area contributed by atoms with Gasteiger partial charge in [0, 0.05) is 12.0 Å². The van der Waals surface area contributed by atoms with Gasteiger partial charge in [-0.2, -0.15) is 0 Å². The lowest BCUT2D eigenvalue weighted by molar-refractivity contribution is -0.137. The van der Waals surface area contributed by atoms with Gasteiger partial charge in [-0.3, -0.25) is 10.0 Å². The van der Waals surface area contributed by atoms with Crippen LogP contribution in [0.1, 0.15) is 33.1 Å². The molecule has 76 valence electrons. The minimum absolute atomic E-state index is 0.0207. The van der Waals surface area contributed by atoms with Gasteiger partial charge >= 0.3 is 0 Å². The first-order chi connectivity index (χ1) is 5.99. The van der Waals surface area contributed by atoms with E-state index in [9.17, 15) is 10.0 Å². The Balaban J connectivity index is 2.80. The maximum atomic E-state index is 11.4. The van der Waals surface area contributed by atoms with Crippen LogP contribution in [0.4, 0.5) is 0 Å². The molecular formula is C9H16NO3-. The van der Waals surface area contributed by atoms with Crippen LogP contribution in [0.3, 0.4) is 0 Å². The first-order valence-corrected chi connectivity index (χ1v) is 4.63.